The minimum absolute atomic E-state index is 0.810. The first-order valence-electron chi connectivity index (χ1n) is 6.72. The Balaban J connectivity index is 0.000000771. The Hall–Kier alpha value is -1.58. The van der Waals surface area contributed by atoms with Gasteiger partial charge in [0.05, 0.1) is 11.4 Å². The fourth-order valence-electron chi connectivity index (χ4n) is 1.62. The lowest BCUT2D eigenvalue weighted by Gasteiger charge is -2.02. The smallest absolute Gasteiger partial charge is 0.129 e. The van der Waals surface area contributed by atoms with Gasteiger partial charge in [0, 0.05) is 24.8 Å². The molecule has 2 heterocycles. The Morgan fingerprint density at radius 1 is 1.22 bits per heavy atom. The molecule has 0 aliphatic carbocycles. The summed E-state index contributed by atoms with van der Waals surface area (Å²) in [6.45, 7) is 8.15. The largest absolute Gasteiger partial charge is 0.241 e. The van der Waals surface area contributed by atoms with E-state index >= 15 is 0 Å². The van der Waals surface area contributed by atoms with Crippen LogP contribution < -0.4 is 0 Å². The zero-order chi connectivity index (χ0) is 13.4. The van der Waals surface area contributed by atoms with Crippen molar-refractivity contribution in [2.24, 2.45) is 10.2 Å². The summed E-state index contributed by atoms with van der Waals surface area (Å²) in [6, 6.07) is 1.91. The standard InChI is InChI=1S/C12H16N4.C2H6/c1-3-4-5-12-13-7-6-10(14-12)11-8-9(2)15-16-11;1-2/h6-7H,3-5,8H2,1-2H3;1-2H3. The minimum atomic E-state index is 0.810. The molecule has 0 N–H and O–H groups in total. The van der Waals surface area contributed by atoms with Gasteiger partial charge in [0.1, 0.15) is 5.82 Å². The number of hydrogen-bond donors (Lipinski definition) is 0. The van der Waals surface area contributed by atoms with Gasteiger partial charge in [-0.2, -0.15) is 10.2 Å². The van der Waals surface area contributed by atoms with E-state index in [0.717, 1.165) is 48.6 Å². The first-order valence-corrected chi connectivity index (χ1v) is 6.72. The Kier molecular flexibility index (Phi) is 6.19. The number of hydrogen-bond acceptors (Lipinski definition) is 4. The molecule has 0 fully saturated rings. The topological polar surface area (TPSA) is 50.5 Å². The molecular formula is C14H22N4. The van der Waals surface area contributed by atoms with Crippen LogP contribution in [0.3, 0.4) is 0 Å². The highest BCUT2D eigenvalue weighted by Gasteiger charge is 2.12. The highest BCUT2D eigenvalue weighted by molar-refractivity contribution is 6.13. The van der Waals surface area contributed by atoms with E-state index in [0.29, 0.717) is 0 Å². The van der Waals surface area contributed by atoms with Crippen molar-refractivity contribution in [3.63, 3.8) is 0 Å². The maximum absolute atomic E-state index is 4.51. The molecule has 1 aromatic heterocycles. The first kappa shape index (κ1) is 14.5. The van der Waals surface area contributed by atoms with Crippen LogP contribution in [0.1, 0.15) is 58.5 Å². The molecule has 4 heteroatoms. The van der Waals surface area contributed by atoms with Crippen LogP contribution in [-0.4, -0.2) is 21.4 Å². The first-order chi connectivity index (χ1) is 8.79. The molecule has 0 saturated heterocycles. The van der Waals surface area contributed by atoms with Gasteiger partial charge >= 0.3 is 0 Å². The molecule has 0 saturated carbocycles. The van der Waals surface area contributed by atoms with Crippen LogP contribution in [0.2, 0.25) is 0 Å². The van der Waals surface area contributed by atoms with E-state index < -0.39 is 0 Å². The minimum Gasteiger partial charge on any atom is -0.241 e. The lowest BCUT2D eigenvalue weighted by Crippen LogP contribution is -2.07. The average molecular weight is 246 g/mol. The molecule has 1 aromatic rings. The molecule has 0 unspecified atom stereocenters. The zero-order valence-corrected chi connectivity index (χ0v) is 11.8. The SMILES string of the molecule is CC.CCCCc1nccc(C2=NN=C(C)C2)n1. The maximum Gasteiger partial charge on any atom is 0.129 e. The Bertz CT molecular complexity index is 435. The summed E-state index contributed by atoms with van der Waals surface area (Å²) in [4.78, 5) is 8.78. The molecule has 0 spiro atoms. The van der Waals surface area contributed by atoms with Crippen LogP contribution in [-0.2, 0) is 6.42 Å². The number of unbranched alkanes of at least 4 members (excludes halogenated alkanes) is 1. The van der Waals surface area contributed by atoms with Crippen LogP contribution in [0.15, 0.2) is 22.5 Å². The number of rotatable bonds is 4. The average Bonchev–Trinajstić information content (AvgIpc) is 2.86. The van der Waals surface area contributed by atoms with E-state index in [1.807, 2.05) is 33.0 Å². The summed E-state index contributed by atoms with van der Waals surface area (Å²) >= 11 is 0. The molecule has 0 radical (unpaired) electrons. The van der Waals surface area contributed by atoms with Crippen LogP contribution in [0.5, 0.6) is 0 Å². The molecular weight excluding hydrogens is 224 g/mol. The Labute approximate surface area is 109 Å². The third-order valence-corrected chi connectivity index (χ3v) is 2.52. The predicted octanol–water partition coefficient (Wildman–Crippen LogP) is 3.41. The van der Waals surface area contributed by atoms with Crippen molar-refractivity contribution in [3.05, 3.63) is 23.8 Å². The summed E-state index contributed by atoms with van der Waals surface area (Å²) in [7, 11) is 0. The maximum atomic E-state index is 4.51. The molecule has 98 valence electrons. The lowest BCUT2D eigenvalue weighted by molar-refractivity contribution is 0.751. The molecule has 18 heavy (non-hydrogen) atoms. The Morgan fingerprint density at radius 2 is 2.00 bits per heavy atom. The third-order valence-electron chi connectivity index (χ3n) is 2.52. The van der Waals surface area contributed by atoms with Gasteiger partial charge in [-0.15, -0.1) is 0 Å². The van der Waals surface area contributed by atoms with Crippen molar-refractivity contribution in [2.75, 3.05) is 0 Å². The number of aryl methyl sites for hydroxylation is 1. The molecule has 1 aliphatic heterocycles. The third kappa shape index (κ3) is 4.02. The highest BCUT2D eigenvalue weighted by Crippen LogP contribution is 2.10. The number of aromatic nitrogens is 2. The van der Waals surface area contributed by atoms with Crippen molar-refractivity contribution in [2.45, 2.75) is 53.4 Å². The highest BCUT2D eigenvalue weighted by atomic mass is 15.2. The lowest BCUT2D eigenvalue weighted by atomic mass is 10.1. The van der Waals surface area contributed by atoms with E-state index in [9.17, 15) is 0 Å². The second-order valence-corrected chi connectivity index (χ2v) is 4.02. The quantitative estimate of drug-likeness (QED) is 0.817. The van der Waals surface area contributed by atoms with Gasteiger partial charge in [0.2, 0.25) is 0 Å². The van der Waals surface area contributed by atoms with Gasteiger partial charge in [-0.05, 0) is 19.4 Å². The molecule has 2 rings (SSSR count). The second kappa shape index (κ2) is 7.69. The van der Waals surface area contributed by atoms with Crippen LogP contribution in [0.4, 0.5) is 0 Å². The summed E-state index contributed by atoms with van der Waals surface area (Å²) in [5, 5.41) is 8.15. The molecule has 0 bridgehead atoms. The van der Waals surface area contributed by atoms with E-state index in [1.54, 1.807) is 0 Å². The molecule has 4 nitrogen and oxygen atoms in total. The van der Waals surface area contributed by atoms with E-state index in [-0.39, 0.29) is 0 Å². The van der Waals surface area contributed by atoms with Gasteiger partial charge < -0.3 is 0 Å². The van der Waals surface area contributed by atoms with Gasteiger partial charge in [-0.25, -0.2) is 9.97 Å². The van der Waals surface area contributed by atoms with E-state index in [4.69, 9.17) is 0 Å². The fourth-order valence-corrected chi connectivity index (χ4v) is 1.62. The van der Waals surface area contributed by atoms with Gasteiger partial charge in [-0.3, -0.25) is 0 Å². The van der Waals surface area contributed by atoms with Gasteiger partial charge in [-0.1, -0.05) is 27.2 Å². The number of nitrogens with zero attached hydrogens (tertiary/aromatic N) is 4. The van der Waals surface area contributed by atoms with Crippen molar-refractivity contribution in [1.82, 2.24) is 9.97 Å². The molecule has 1 aliphatic rings. The monoisotopic (exact) mass is 246 g/mol. The van der Waals surface area contributed by atoms with Crippen LogP contribution in [0, 0.1) is 0 Å². The van der Waals surface area contributed by atoms with E-state index in [1.165, 1.54) is 0 Å². The van der Waals surface area contributed by atoms with Crippen LogP contribution in [0.25, 0.3) is 0 Å². The van der Waals surface area contributed by atoms with Crippen molar-refractivity contribution in [1.29, 1.82) is 0 Å². The van der Waals surface area contributed by atoms with Gasteiger partial charge in [0.25, 0.3) is 0 Å². The summed E-state index contributed by atoms with van der Waals surface area (Å²) < 4.78 is 0. The Morgan fingerprint density at radius 3 is 2.61 bits per heavy atom. The summed E-state index contributed by atoms with van der Waals surface area (Å²) in [6.07, 6.45) is 5.85. The van der Waals surface area contributed by atoms with Crippen molar-refractivity contribution in [3.8, 4) is 0 Å². The zero-order valence-electron chi connectivity index (χ0n) is 11.8. The van der Waals surface area contributed by atoms with Crippen LogP contribution >= 0.6 is 0 Å². The molecule has 0 aromatic carbocycles. The normalized spacial score (nSPS) is 13.6. The second-order valence-electron chi connectivity index (χ2n) is 4.02. The van der Waals surface area contributed by atoms with E-state index in [2.05, 4.69) is 27.1 Å². The molecule has 0 amide bonds. The summed E-state index contributed by atoms with van der Waals surface area (Å²) in [5.41, 5.74) is 2.92. The fraction of sp³-hybridized carbons (Fsp3) is 0.571. The van der Waals surface area contributed by atoms with Crippen molar-refractivity contribution >= 4 is 11.4 Å². The molecule has 0 atom stereocenters. The predicted molar refractivity (Wildman–Crippen MR) is 76.3 cm³/mol. The van der Waals surface area contributed by atoms with Crippen molar-refractivity contribution < 1.29 is 0 Å². The van der Waals surface area contributed by atoms with Gasteiger partial charge in [0.15, 0.2) is 0 Å². The summed E-state index contributed by atoms with van der Waals surface area (Å²) in [5.74, 6) is 0.909.